The molecule has 0 radical (unpaired) electrons. The Morgan fingerprint density at radius 2 is 2.00 bits per heavy atom. The summed E-state index contributed by atoms with van der Waals surface area (Å²) in [6.07, 6.45) is 1.30. The Balaban J connectivity index is 2.44. The fraction of sp³-hybridized carbons (Fsp3) is 0.154. The molecule has 0 aliphatic carbocycles. The van der Waals surface area contributed by atoms with Crippen LogP contribution in [0.4, 0.5) is 0 Å². The molecule has 1 aromatic heterocycles. The summed E-state index contributed by atoms with van der Waals surface area (Å²) in [6.45, 7) is 0.290. The lowest BCUT2D eigenvalue weighted by atomic mass is 10.2. The number of benzene rings is 1. The van der Waals surface area contributed by atoms with E-state index in [0.29, 0.717) is 0 Å². The van der Waals surface area contributed by atoms with Crippen LogP contribution in [0.3, 0.4) is 0 Å². The third-order valence-electron chi connectivity index (χ3n) is 2.49. The lowest BCUT2D eigenvalue weighted by Crippen LogP contribution is -2.27. The summed E-state index contributed by atoms with van der Waals surface area (Å²) < 4.78 is 5.90. The summed E-state index contributed by atoms with van der Waals surface area (Å²) in [5.74, 6) is -0.613. The summed E-state index contributed by atoms with van der Waals surface area (Å²) in [6, 6.07) is 10.7. The Kier molecular flexibility index (Phi) is 3.52. The van der Waals surface area contributed by atoms with Gasteiger partial charge in [0.1, 0.15) is 0 Å². The maximum atomic E-state index is 11.8. The minimum Gasteiger partial charge on any atom is -0.463 e. The van der Waals surface area contributed by atoms with Gasteiger partial charge in [-0.2, -0.15) is 0 Å². The second-order valence-electron chi connectivity index (χ2n) is 3.67. The smallest absolute Gasteiger partial charge is 0.374 e. The summed E-state index contributed by atoms with van der Waals surface area (Å²) >= 11 is 0. The molecule has 0 spiro atoms. The van der Waals surface area contributed by atoms with Gasteiger partial charge in [-0.05, 0) is 5.56 Å². The summed E-state index contributed by atoms with van der Waals surface area (Å²) in [4.78, 5) is 27.2. The third-order valence-corrected chi connectivity index (χ3v) is 2.49. The van der Waals surface area contributed by atoms with Crippen LogP contribution in [0.15, 0.2) is 47.4 Å². The Morgan fingerprint density at radius 1 is 1.28 bits per heavy atom. The fourth-order valence-electron chi connectivity index (χ4n) is 1.61. The molecule has 5 nitrogen and oxygen atoms in total. The first kappa shape index (κ1) is 12.0. The number of nitrogens with zero attached hydrogens (tertiary/aromatic N) is 2. The number of hydrogen-bond acceptors (Lipinski definition) is 4. The predicted octanol–water partition coefficient (Wildman–Crippen LogP) is 1.08. The molecule has 0 N–H and O–H groups in total. The van der Waals surface area contributed by atoms with Gasteiger partial charge in [0.05, 0.1) is 13.7 Å². The van der Waals surface area contributed by atoms with E-state index < -0.39 is 5.97 Å². The van der Waals surface area contributed by atoms with Gasteiger partial charge in [-0.25, -0.2) is 9.78 Å². The summed E-state index contributed by atoms with van der Waals surface area (Å²) in [5.41, 5.74) is 0.631. The molecule has 0 aliphatic rings. The van der Waals surface area contributed by atoms with E-state index in [-0.39, 0.29) is 17.9 Å². The molecule has 0 aliphatic heterocycles. The number of esters is 1. The molecule has 1 heterocycles. The third kappa shape index (κ3) is 2.45. The Bertz CT molecular complexity index is 605. The number of carbonyl (C=O) groups is 1. The molecule has 18 heavy (non-hydrogen) atoms. The number of ether oxygens (including phenoxy) is 1. The van der Waals surface area contributed by atoms with Gasteiger partial charge >= 0.3 is 5.97 Å². The van der Waals surface area contributed by atoms with Crippen molar-refractivity contribution in [2.75, 3.05) is 7.11 Å². The van der Waals surface area contributed by atoms with Crippen LogP contribution in [0.2, 0.25) is 0 Å². The van der Waals surface area contributed by atoms with E-state index >= 15 is 0 Å². The molecule has 5 heteroatoms. The molecule has 0 saturated heterocycles. The van der Waals surface area contributed by atoms with Gasteiger partial charge in [0.15, 0.2) is 0 Å². The average molecular weight is 244 g/mol. The van der Waals surface area contributed by atoms with Crippen molar-refractivity contribution in [2.45, 2.75) is 6.54 Å². The van der Waals surface area contributed by atoms with Gasteiger partial charge in [-0.3, -0.25) is 9.36 Å². The van der Waals surface area contributed by atoms with E-state index in [1.807, 2.05) is 30.3 Å². The van der Waals surface area contributed by atoms with Crippen LogP contribution in [0.1, 0.15) is 16.2 Å². The van der Waals surface area contributed by atoms with E-state index in [1.165, 1.54) is 23.9 Å². The van der Waals surface area contributed by atoms with Crippen molar-refractivity contribution in [3.05, 3.63) is 64.3 Å². The lowest BCUT2D eigenvalue weighted by Gasteiger charge is -2.09. The van der Waals surface area contributed by atoms with Crippen molar-refractivity contribution in [1.82, 2.24) is 9.55 Å². The second-order valence-corrected chi connectivity index (χ2v) is 3.67. The zero-order chi connectivity index (χ0) is 13.0. The molecule has 2 aromatic rings. The highest BCUT2D eigenvalue weighted by Crippen LogP contribution is 2.03. The molecule has 0 unspecified atom stereocenters. The number of carbonyl (C=O) groups excluding carboxylic acids is 1. The molecule has 92 valence electrons. The number of aromatic nitrogens is 2. The zero-order valence-electron chi connectivity index (χ0n) is 9.87. The van der Waals surface area contributed by atoms with Gasteiger partial charge in [0.2, 0.25) is 5.82 Å². The van der Waals surface area contributed by atoms with E-state index in [1.54, 1.807) is 0 Å². The zero-order valence-corrected chi connectivity index (χ0v) is 9.87. The van der Waals surface area contributed by atoms with Crippen LogP contribution in [0.5, 0.6) is 0 Å². The Labute approximate surface area is 104 Å². The van der Waals surface area contributed by atoms with Crippen molar-refractivity contribution in [2.24, 2.45) is 0 Å². The number of methoxy groups -OCH3 is 1. The first-order valence-electron chi connectivity index (χ1n) is 5.40. The van der Waals surface area contributed by atoms with Gasteiger partial charge in [-0.15, -0.1) is 0 Å². The summed E-state index contributed by atoms with van der Waals surface area (Å²) in [7, 11) is 1.26. The standard InChI is InChI=1S/C13H12N2O3/c1-18-13(17)12-14-8-7-11(16)15(12)9-10-5-3-2-4-6-10/h2-8H,9H2,1H3. The van der Waals surface area contributed by atoms with Crippen molar-refractivity contribution < 1.29 is 9.53 Å². The van der Waals surface area contributed by atoms with Gasteiger partial charge in [0, 0.05) is 12.3 Å². The van der Waals surface area contributed by atoms with E-state index in [4.69, 9.17) is 0 Å². The maximum absolute atomic E-state index is 11.8. The van der Waals surface area contributed by atoms with Crippen molar-refractivity contribution >= 4 is 5.97 Å². The highest BCUT2D eigenvalue weighted by atomic mass is 16.5. The van der Waals surface area contributed by atoms with Crippen molar-refractivity contribution in [1.29, 1.82) is 0 Å². The molecule has 1 aromatic carbocycles. The van der Waals surface area contributed by atoms with E-state index in [0.717, 1.165) is 5.56 Å². The molecule has 2 rings (SSSR count). The molecule has 0 saturated carbocycles. The number of rotatable bonds is 3. The quantitative estimate of drug-likeness (QED) is 0.758. The van der Waals surface area contributed by atoms with Gasteiger partial charge in [-0.1, -0.05) is 30.3 Å². The average Bonchev–Trinajstić information content (AvgIpc) is 2.41. The predicted molar refractivity (Wildman–Crippen MR) is 65.4 cm³/mol. The highest BCUT2D eigenvalue weighted by molar-refractivity contribution is 5.85. The minimum absolute atomic E-state index is 0.00820. The van der Waals surface area contributed by atoms with Crippen molar-refractivity contribution in [3.63, 3.8) is 0 Å². The number of hydrogen-bond donors (Lipinski definition) is 0. The monoisotopic (exact) mass is 244 g/mol. The summed E-state index contributed by atoms with van der Waals surface area (Å²) in [5, 5.41) is 0. The SMILES string of the molecule is COC(=O)c1nccc(=O)n1Cc1ccccc1. The molecular weight excluding hydrogens is 232 g/mol. The molecule has 0 atom stereocenters. The second kappa shape index (κ2) is 5.27. The lowest BCUT2D eigenvalue weighted by molar-refractivity contribution is 0.0579. The van der Waals surface area contributed by atoms with Crippen LogP contribution in [0, 0.1) is 0 Å². The van der Waals surface area contributed by atoms with Crippen LogP contribution >= 0.6 is 0 Å². The van der Waals surface area contributed by atoms with Gasteiger partial charge in [0.25, 0.3) is 5.56 Å². The molecular formula is C13H12N2O3. The maximum Gasteiger partial charge on any atom is 0.374 e. The first-order valence-corrected chi connectivity index (χ1v) is 5.40. The van der Waals surface area contributed by atoms with Crippen LogP contribution in [0.25, 0.3) is 0 Å². The van der Waals surface area contributed by atoms with Crippen LogP contribution < -0.4 is 5.56 Å². The first-order chi connectivity index (χ1) is 8.72. The topological polar surface area (TPSA) is 61.2 Å². The van der Waals surface area contributed by atoms with Crippen LogP contribution in [-0.4, -0.2) is 22.6 Å². The molecule has 0 bridgehead atoms. The normalized spacial score (nSPS) is 10.1. The van der Waals surface area contributed by atoms with Crippen LogP contribution in [-0.2, 0) is 11.3 Å². The van der Waals surface area contributed by atoms with Gasteiger partial charge < -0.3 is 4.74 Å². The largest absolute Gasteiger partial charge is 0.463 e. The Morgan fingerprint density at radius 3 is 2.67 bits per heavy atom. The Hall–Kier alpha value is -2.43. The minimum atomic E-state index is -0.622. The van der Waals surface area contributed by atoms with Crippen molar-refractivity contribution in [3.8, 4) is 0 Å². The van der Waals surface area contributed by atoms with E-state index in [9.17, 15) is 9.59 Å². The van der Waals surface area contributed by atoms with E-state index in [2.05, 4.69) is 9.72 Å². The highest BCUT2D eigenvalue weighted by Gasteiger charge is 2.14. The fourth-order valence-corrected chi connectivity index (χ4v) is 1.61. The molecule has 0 amide bonds. The molecule has 0 fully saturated rings.